The number of benzene rings is 2. The van der Waals surface area contributed by atoms with Gasteiger partial charge in [0.15, 0.2) is 9.84 Å². The average Bonchev–Trinajstić information content (AvgIpc) is 2.58. The van der Waals surface area contributed by atoms with Crippen molar-refractivity contribution < 1.29 is 13.2 Å². The summed E-state index contributed by atoms with van der Waals surface area (Å²) in [6.45, 7) is -0.0497. The van der Waals surface area contributed by atoms with E-state index in [4.69, 9.17) is 0 Å². The zero-order valence-corrected chi connectivity index (χ0v) is 14.9. The van der Waals surface area contributed by atoms with Crippen LogP contribution in [0.4, 0.5) is 5.69 Å². The summed E-state index contributed by atoms with van der Waals surface area (Å²) in [5.41, 5.74) is 1.59. The van der Waals surface area contributed by atoms with Crippen molar-refractivity contribution in [3.05, 3.63) is 70.5 Å². The van der Waals surface area contributed by atoms with Gasteiger partial charge in [0.25, 0.3) is 0 Å². The second kappa shape index (κ2) is 7.09. The lowest BCUT2D eigenvalue weighted by Gasteiger charge is -2.10. The van der Waals surface area contributed by atoms with Crippen LogP contribution in [0, 0.1) is 0 Å². The molecule has 1 amide bonds. The van der Waals surface area contributed by atoms with Crippen LogP contribution < -0.4 is 10.7 Å². The predicted octanol–water partition coefficient (Wildman–Crippen LogP) is 1.58. The van der Waals surface area contributed by atoms with Gasteiger partial charge < -0.3 is 5.32 Å². The molecule has 0 aliphatic heterocycles. The molecule has 1 aromatic heterocycles. The molecule has 7 nitrogen and oxygen atoms in total. The Morgan fingerprint density at radius 3 is 2.50 bits per heavy atom. The number of fused-ring (bicyclic) bond motifs is 1. The van der Waals surface area contributed by atoms with Crippen molar-refractivity contribution in [1.29, 1.82) is 0 Å². The van der Waals surface area contributed by atoms with Crippen molar-refractivity contribution >= 4 is 32.3 Å². The number of amides is 1. The third-order valence-electron chi connectivity index (χ3n) is 3.72. The lowest BCUT2D eigenvalue weighted by atomic mass is 10.2. The zero-order chi connectivity index (χ0) is 18.7. The Hall–Kier alpha value is -3.00. The maximum Gasteiger partial charge on any atom is 0.246 e. The summed E-state index contributed by atoms with van der Waals surface area (Å²) in [5.74, 6) is -0.351. The zero-order valence-electron chi connectivity index (χ0n) is 14.0. The first-order valence-electron chi connectivity index (χ1n) is 7.83. The maximum absolute atomic E-state index is 12.3. The van der Waals surface area contributed by atoms with Crippen LogP contribution in [0.3, 0.4) is 0 Å². The quantitative estimate of drug-likeness (QED) is 0.734. The smallest absolute Gasteiger partial charge is 0.246 e. The topological polar surface area (TPSA) is 98.1 Å². The number of nitrogens with zero attached hydrogens (tertiary/aromatic N) is 2. The van der Waals surface area contributed by atoms with Crippen molar-refractivity contribution in [3.63, 3.8) is 0 Å². The van der Waals surface area contributed by atoms with Gasteiger partial charge in [0, 0.05) is 17.3 Å². The van der Waals surface area contributed by atoms with Gasteiger partial charge >= 0.3 is 0 Å². The molecule has 0 bridgehead atoms. The van der Waals surface area contributed by atoms with Crippen molar-refractivity contribution in [3.8, 4) is 0 Å². The van der Waals surface area contributed by atoms with Crippen molar-refractivity contribution in [2.24, 2.45) is 0 Å². The Bertz CT molecular complexity index is 1120. The summed E-state index contributed by atoms with van der Waals surface area (Å²) in [6, 6.07) is 13.6. The second-order valence-corrected chi connectivity index (χ2v) is 8.14. The first-order valence-corrected chi connectivity index (χ1v) is 9.89. The number of sulfone groups is 1. The fourth-order valence-corrected chi connectivity index (χ4v) is 3.41. The number of carbonyl (C=O) groups excluding carboxylic acids is 1. The van der Waals surface area contributed by atoms with Crippen LogP contribution in [-0.2, 0) is 26.9 Å². The van der Waals surface area contributed by atoms with Gasteiger partial charge in [-0.05, 0) is 29.8 Å². The molecule has 134 valence electrons. The first kappa shape index (κ1) is 17.8. The fraction of sp³-hybridized carbons (Fsp3) is 0.167. The van der Waals surface area contributed by atoms with E-state index in [1.807, 2.05) is 0 Å². The van der Waals surface area contributed by atoms with E-state index in [1.54, 1.807) is 48.5 Å². The largest absolute Gasteiger partial charge is 0.324 e. The number of carbonyl (C=O) groups is 1. The summed E-state index contributed by atoms with van der Waals surface area (Å²) in [5, 5.41) is 7.25. The highest BCUT2D eigenvalue weighted by Crippen LogP contribution is 2.13. The number of anilines is 1. The predicted molar refractivity (Wildman–Crippen MR) is 99.6 cm³/mol. The minimum absolute atomic E-state index is 0.0471. The molecule has 0 atom stereocenters. The van der Waals surface area contributed by atoms with Crippen LogP contribution in [0.15, 0.2) is 59.5 Å². The van der Waals surface area contributed by atoms with Crippen LogP contribution in [0.5, 0.6) is 0 Å². The Labute approximate surface area is 150 Å². The fourth-order valence-electron chi connectivity index (χ4n) is 2.61. The van der Waals surface area contributed by atoms with E-state index in [9.17, 15) is 18.0 Å². The third kappa shape index (κ3) is 4.34. The highest BCUT2D eigenvalue weighted by molar-refractivity contribution is 7.89. The molecule has 0 unspecified atom stereocenters. The lowest BCUT2D eigenvalue weighted by Crippen LogP contribution is -2.22. The van der Waals surface area contributed by atoms with Crippen LogP contribution in [-0.4, -0.2) is 30.4 Å². The molecule has 26 heavy (non-hydrogen) atoms. The molecule has 0 saturated carbocycles. The van der Waals surface area contributed by atoms with Crippen LogP contribution in [0.2, 0.25) is 0 Å². The number of rotatable bonds is 5. The van der Waals surface area contributed by atoms with Gasteiger partial charge in [0.05, 0.1) is 17.5 Å². The molecule has 0 radical (unpaired) electrons. The summed E-state index contributed by atoms with van der Waals surface area (Å²) in [4.78, 5) is 24.1. The average molecular weight is 371 g/mol. The molecule has 8 heteroatoms. The maximum atomic E-state index is 12.3. The van der Waals surface area contributed by atoms with Gasteiger partial charge in [-0.1, -0.05) is 24.3 Å². The minimum Gasteiger partial charge on any atom is -0.324 e. The van der Waals surface area contributed by atoms with Crippen molar-refractivity contribution in [1.82, 2.24) is 9.78 Å². The molecule has 1 N–H and O–H groups in total. The third-order valence-corrected chi connectivity index (χ3v) is 4.58. The summed E-state index contributed by atoms with van der Waals surface area (Å²) in [6.07, 6.45) is 2.36. The minimum atomic E-state index is -3.10. The van der Waals surface area contributed by atoms with Gasteiger partial charge in [0.1, 0.15) is 6.54 Å². The monoisotopic (exact) mass is 371 g/mol. The summed E-state index contributed by atoms with van der Waals surface area (Å²) in [7, 11) is -3.10. The number of hydrogen-bond donors (Lipinski definition) is 1. The van der Waals surface area contributed by atoms with Crippen LogP contribution in [0.1, 0.15) is 5.56 Å². The highest BCUT2D eigenvalue weighted by Gasteiger charge is 2.09. The Morgan fingerprint density at radius 2 is 1.81 bits per heavy atom. The molecule has 2 aromatic carbocycles. The van der Waals surface area contributed by atoms with Gasteiger partial charge in [0.2, 0.25) is 11.3 Å². The van der Waals surface area contributed by atoms with Gasteiger partial charge in [-0.25, -0.2) is 8.42 Å². The van der Waals surface area contributed by atoms with Crippen LogP contribution >= 0.6 is 0 Å². The van der Waals surface area contributed by atoms with E-state index in [0.29, 0.717) is 22.2 Å². The molecule has 0 spiro atoms. The molecule has 1 heterocycles. The van der Waals surface area contributed by atoms with E-state index in [-0.39, 0.29) is 23.6 Å². The molecule has 0 aliphatic carbocycles. The Morgan fingerprint density at radius 1 is 1.12 bits per heavy atom. The molecule has 3 aromatic rings. The molecule has 0 saturated heterocycles. The van der Waals surface area contributed by atoms with E-state index in [1.165, 1.54) is 17.1 Å². The molecular weight excluding hydrogens is 354 g/mol. The van der Waals surface area contributed by atoms with Gasteiger partial charge in [-0.3, -0.25) is 14.3 Å². The van der Waals surface area contributed by atoms with E-state index >= 15 is 0 Å². The number of hydrogen-bond acceptors (Lipinski definition) is 5. The first-order chi connectivity index (χ1) is 12.3. The lowest BCUT2D eigenvalue weighted by molar-refractivity contribution is -0.116. The SMILES string of the molecule is CS(=O)(=O)Cc1ccc(NC(=O)Cn2ncc(=O)c3ccccc32)cc1. The normalized spacial score (nSPS) is 11.4. The summed E-state index contributed by atoms with van der Waals surface area (Å²) >= 11 is 0. The standard InChI is InChI=1S/C18H17N3O4S/c1-26(24,25)12-13-6-8-14(9-7-13)20-18(23)11-21-16-5-3-2-4-15(16)17(22)10-19-21/h2-10H,11-12H2,1H3,(H,20,23). The van der Waals surface area contributed by atoms with Crippen molar-refractivity contribution in [2.75, 3.05) is 11.6 Å². The second-order valence-electron chi connectivity index (χ2n) is 6.00. The molecule has 3 rings (SSSR count). The molecule has 0 fully saturated rings. The van der Waals surface area contributed by atoms with E-state index in [0.717, 1.165) is 0 Å². The number of para-hydroxylation sites is 1. The van der Waals surface area contributed by atoms with Crippen LogP contribution in [0.25, 0.3) is 10.9 Å². The molecular formula is C18H17N3O4S. The molecule has 0 aliphatic rings. The van der Waals surface area contributed by atoms with Crippen molar-refractivity contribution in [2.45, 2.75) is 12.3 Å². The van der Waals surface area contributed by atoms with E-state index < -0.39 is 9.84 Å². The van der Waals surface area contributed by atoms with Gasteiger partial charge in [-0.2, -0.15) is 5.10 Å². The number of aromatic nitrogens is 2. The Balaban J connectivity index is 1.74. The number of nitrogens with one attached hydrogen (secondary N) is 1. The van der Waals surface area contributed by atoms with E-state index in [2.05, 4.69) is 10.4 Å². The van der Waals surface area contributed by atoms with Gasteiger partial charge in [-0.15, -0.1) is 0 Å². The Kier molecular flexibility index (Phi) is 4.85. The highest BCUT2D eigenvalue weighted by atomic mass is 32.2. The summed E-state index contributed by atoms with van der Waals surface area (Å²) < 4.78 is 24.1.